The van der Waals surface area contributed by atoms with Gasteiger partial charge < -0.3 is 15.1 Å². The summed E-state index contributed by atoms with van der Waals surface area (Å²) >= 11 is 0. The van der Waals surface area contributed by atoms with Crippen LogP contribution in [0, 0.1) is 6.92 Å². The molecule has 0 saturated carbocycles. The van der Waals surface area contributed by atoms with E-state index in [1.165, 1.54) is 0 Å². The Balaban J connectivity index is 1.45. The van der Waals surface area contributed by atoms with Crippen molar-refractivity contribution in [2.75, 3.05) is 42.9 Å². The van der Waals surface area contributed by atoms with Crippen LogP contribution in [0.2, 0.25) is 0 Å². The molecule has 1 fully saturated rings. The lowest BCUT2D eigenvalue weighted by Gasteiger charge is -2.35. The molecule has 1 aliphatic rings. The minimum absolute atomic E-state index is 0.0130. The molecule has 1 amide bonds. The molecular formula is C22H27N7O. The van der Waals surface area contributed by atoms with Gasteiger partial charge in [0.25, 0.3) is 5.91 Å². The van der Waals surface area contributed by atoms with E-state index in [0.29, 0.717) is 18.8 Å². The Bertz CT molecular complexity index is 1020. The number of hydrogen-bond acceptors (Lipinski definition) is 6. The molecule has 3 heterocycles. The lowest BCUT2D eigenvalue weighted by molar-refractivity contribution is 0.0735. The van der Waals surface area contributed by atoms with Crippen LogP contribution in [-0.4, -0.2) is 63.3 Å². The van der Waals surface area contributed by atoms with Crippen molar-refractivity contribution >= 4 is 17.5 Å². The van der Waals surface area contributed by atoms with Crippen LogP contribution in [0.5, 0.6) is 0 Å². The van der Waals surface area contributed by atoms with Crippen molar-refractivity contribution in [1.82, 2.24) is 24.6 Å². The zero-order chi connectivity index (χ0) is 21.1. The summed E-state index contributed by atoms with van der Waals surface area (Å²) in [5, 5.41) is 7.78. The minimum Gasteiger partial charge on any atom is -0.370 e. The third kappa shape index (κ3) is 4.12. The highest BCUT2D eigenvalue weighted by Crippen LogP contribution is 2.21. The molecule has 1 N–H and O–H groups in total. The Kier molecular flexibility index (Phi) is 5.65. The van der Waals surface area contributed by atoms with Crippen molar-refractivity contribution in [3.63, 3.8) is 0 Å². The topological polar surface area (TPSA) is 79.2 Å². The zero-order valence-electron chi connectivity index (χ0n) is 17.7. The highest BCUT2D eigenvalue weighted by molar-refractivity contribution is 5.94. The minimum atomic E-state index is 0.0130. The molecule has 1 saturated heterocycles. The maximum atomic E-state index is 13.1. The molecule has 2 aromatic heterocycles. The standard InChI is InChI=1S/C22H27N7O/c1-4-23-20-15-21(25-16(2)24-20)28-10-12-29(13-11-28)22(30)19-14-18(26-27(19)3)17-8-6-5-7-9-17/h5-9,14-15H,4,10-13H2,1-3H3,(H,23,24,25). The summed E-state index contributed by atoms with van der Waals surface area (Å²) in [6, 6.07) is 13.8. The fourth-order valence-electron chi connectivity index (χ4n) is 3.70. The molecule has 1 aromatic carbocycles. The van der Waals surface area contributed by atoms with Gasteiger partial charge in [-0.15, -0.1) is 0 Å². The first kappa shape index (κ1) is 19.9. The second kappa shape index (κ2) is 8.52. The Hall–Kier alpha value is -3.42. The Labute approximate surface area is 176 Å². The number of nitrogens with one attached hydrogen (secondary N) is 1. The van der Waals surface area contributed by atoms with Crippen LogP contribution in [0.1, 0.15) is 23.2 Å². The van der Waals surface area contributed by atoms with E-state index >= 15 is 0 Å². The Morgan fingerprint density at radius 2 is 1.80 bits per heavy atom. The van der Waals surface area contributed by atoms with Gasteiger partial charge in [-0.2, -0.15) is 5.10 Å². The Morgan fingerprint density at radius 1 is 1.07 bits per heavy atom. The van der Waals surface area contributed by atoms with Gasteiger partial charge in [0.05, 0.1) is 5.69 Å². The number of nitrogens with zero attached hydrogens (tertiary/aromatic N) is 6. The summed E-state index contributed by atoms with van der Waals surface area (Å²) in [6.45, 7) is 7.51. The van der Waals surface area contributed by atoms with Gasteiger partial charge in [-0.1, -0.05) is 30.3 Å². The maximum Gasteiger partial charge on any atom is 0.272 e. The lowest BCUT2D eigenvalue weighted by Crippen LogP contribution is -2.49. The number of benzene rings is 1. The number of aromatic nitrogens is 4. The molecular weight excluding hydrogens is 378 g/mol. The number of amides is 1. The number of carbonyl (C=O) groups is 1. The van der Waals surface area contributed by atoms with Crippen molar-refractivity contribution in [2.45, 2.75) is 13.8 Å². The normalized spacial score (nSPS) is 14.1. The van der Waals surface area contributed by atoms with Crippen LogP contribution in [0.25, 0.3) is 11.3 Å². The summed E-state index contributed by atoms with van der Waals surface area (Å²) in [5.74, 6) is 2.49. The molecule has 8 nitrogen and oxygen atoms in total. The SMILES string of the molecule is CCNc1cc(N2CCN(C(=O)c3cc(-c4ccccc4)nn3C)CC2)nc(C)n1. The second-order valence-corrected chi connectivity index (χ2v) is 7.37. The highest BCUT2D eigenvalue weighted by Gasteiger charge is 2.25. The molecule has 0 atom stereocenters. The molecule has 156 valence electrons. The van der Waals surface area contributed by atoms with Crippen LogP contribution in [0.15, 0.2) is 42.5 Å². The summed E-state index contributed by atoms with van der Waals surface area (Å²) in [7, 11) is 1.82. The lowest BCUT2D eigenvalue weighted by atomic mass is 10.1. The van der Waals surface area contributed by atoms with Crippen LogP contribution in [0.3, 0.4) is 0 Å². The quantitative estimate of drug-likeness (QED) is 0.703. The first-order valence-corrected chi connectivity index (χ1v) is 10.3. The molecule has 3 aromatic rings. The molecule has 1 aliphatic heterocycles. The van der Waals surface area contributed by atoms with E-state index in [1.54, 1.807) is 4.68 Å². The molecule has 0 bridgehead atoms. The third-order valence-electron chi connectivity index (χ3n) is 5.24. The Morgan fingerprint density at radius 3 is 2.50 bits per heavy atom. The summed E-state index contributed by atoms with van der Waals surface area (Å²) in [4.78, 5) is 26.2. The van der Waals surface area contributed by atoms with Crippen molar-refractivity contribution < 1.29 is 4.79 Å². The molecule has 0 aliphatic carbocycles. The van der Waals surface area contributed by atoms with E-state index in [9.17, 15) is 4.79 Å². The third-order valence-corrected chi connectivity index (χ3v) is 5.24. The average molecular weight is 406 g/mol. The number of hydrogen-bond donors (Lipinski definition) is 1. The fourth-order valence-corrected chi connectivity index (χ4v) is 3.70. The second-order valence-electron chi connectivity index (χ2n) is 7.37. The number of rotatable bonds is 5. The summed E-state index contributed by atoms with van der Waals surface area (Å²) in [5.41, 5.74) is 2.43. The predicted octanol–water partition coefficient (Wildman–Crippen LogP) is 2.58. The molecule has 4 rings (SSSR count). The van der Waals surface area contributed by atoms with Gasteiger partial charge in [0.1, 0.15) is 23.2 Å². The number of piperazine rings is 1. The highest BCUT2D eigenvalue weighted by atomic mass is 16.2. The smallest absolute Gasteiger partial charge is 0.272 e. The summed E-state index contributed by atoms with van der Waals surface area (Å²) in [6.07, 6.45) is 0. The van der Waals surface area contributed by atoms with Gasteiger partial charge in [0.2, 0.25) is 0 Å². The van der Waals surface area contributed by atoms with E-state index in [2.05, 4.69) is 25.3 Å². The average Bonchev–Trinajstić information content (AvgIpc) is 3.15. The predicted molar refractivity (Wildman–Crippen MR) is 118 cm³/mol. The number of anilines is 2. The zero-order valence-corrected chi connectivity index (χ0v) is 17.7. The van der Waals surface area contributed by atoms with E-state index in [0.717, 1.165) is 48.4 Å². The summed E-state index contributed by atoms with van der Waals surface area (Å²) < 4.78 is 1.67. The van der Waals surface area contributed by atoms with Crippen LogP contribution in [-0.2, 0) is 7.05 Å². The van der Waals surface area contributed by atoms with Crippen molar-refractivity contribution in [2.24, 2.45) is 7.05 Å². The van der Waals surface area contributed by atoms with E-state index < -0.39 is 0 Å². The van der Waals surface area contributed by atoms with E-state index in [-0.39, 0.29) is 5.91 Å². The maximum absolute atomic E-state index is 13.1. The number of aryl methyl sites for hydroxylation is 2. The van der Waals surface area contributed by atoms with Crippen LogP contribution < -0.4 is 10.2 Å². The first-order valence-electron chi connectivity index (χ1n) is 10.3. The van der Waals surface area contributed by atoms with Crippen molar-refractivity contribution in [3.05, 3.63) is 54.0 Å². The van der Waals surface area contributed by atoms with Gasteiger partial charge in [-0.25, -0.2) is 9.97 Å². The van der Waals surface area contributed by atoms with Gasteiger partial charge in [0.15, 0.2) is 0 Å². The molecule has 0 unspecified atom stereocenters. The molecule has 8 heteroatoms. The molecule has 0 radical (unpaired) electrons. The molecule has 0 spiro atoms. The van der Waals surface area contributed by atoms with Crippen molar-refractivity contribution in [1.29, 1.82) is 0 Å². The monoisotopic (exact) mass is 405 g/mol. The van der Waals surface area contributed by atoms with E-state index in [4.69, 9.17) is 0 Å². The van der Waals surface area contributed by atoms with Crippen LogP contribution >= 0.6 is 0 Å². The largest absolute Gasteiger partial charge is 0.370 e. The van der Waals surface area contributed by atoms with Gasteiger partial charge >= 0.3 is 0 Å². The first-order chi connectivity index (χ1) is 14.5. The van der Waals surface area contributed by atoms with E-state index in [1.807, 2.05) is 68.3 Å². The fraction of sp³-hybridized carbons (Fsp3) is 0.364. The van der Waals surface area contributed by atoms with Gasteiger partial charge in [-0.3, -0.25) is 9.48 Å². The van der Waals surface area contributed by atoms with Gasteiger partial charge in [-0.05, 0) is 19.9 Å². The van der Waals surface area contributed by atoms with Crippen LogP contribution in [0.4, 0.5) is 11.6 Å². The number of carbonyl (C=O) groups excluding carboxylic acids is 1. The van der Waals surface area contributed by atoms with Crippen molar-refractivity contribution in [3.8, 4) is 11.3 Å². The molecule has 30 heavy (non-hydrogen) atoms. The van der Waals surface area contributed by atoms with Gasteiger partial charge in [0, 0.05) is 51.4 Å².